The molecule has 0 bridgehead atoms. The number of hydrogen-bond donors (Lipinski definition) is 1. The first kappa shape index (κ1) is 17.9. The van der Waals surface area contributed by atoms with Crippen molar-refractivity contribution in [1.82, 2.24) is 24.5 Å². The molecule has 1 aliphatic rings. The van der Waals surface area contributed by atoms with E-state index in [1.165, 1.54) is 0 Å². The Balaban J connectivity index is 1.93. The average molecular weight is 357 g/mol. The molecule has 3 amide bonds. The van der Waals surface area contributed by atoms with E-state index in [0.717, 1.165) is 6.41 Å². The Morgan fingerprint density at radius 2 is 1.85 bits per heavy atom. The highest BCUT2D eigenvalue weighted by atomic mass is 16.2. The van der Waals surface area contributed by atoms with Crippen LogP contribution >= 0.6 is 0 Å². The summed E-state index contributed by atoms with van der Waals surface area (Å²) in [5.41, 5.74) is 0.436. The number of nitrogens with zero attached hydrogens (tertiary/aromatic N) is 4. The molecule has 2 aromatic rings. The highest BCUT2D eigenvalue weighted by Crippen LogP contribution is 2.17. The predicted octanol–water partition coefficient (Wildman–Crippen LogP) is 0.777. The molecule has 0 unspecified atom stereocenters. The molecule has 0 atom stereocenters. The summed E-state index contributed by atoms with van der Waals surface area (Å²) in [6.45, 7) is 7.56. The van der Waals surface area contributed by atoms with Crippen LogP contribution in [0.1, 0.15) is 41.9 Å². The van der Waals surface area contributed by atoms with Gasteiger partial charge in [-0.3, -0.25) is 18.8 Å². The molecule has 138 valence electrons. The van der Waals surface area contributed by atoms with Crippen molar-refractivity contribution >= 4 is 23.7 Å². The average Bonchev–Trinajstić information content (AvgIpc) is 2.99. The summed E-state index contributed by atoms with van der Waals surface area (Å²) >= 11 is 0. The molecule has 3 heterocycles. The van der Waals surface area contributed by atoms with E-state index in [2.05, 4.69) is 10.3 Å². The Morgan fingerprint density at radius 1 is 1.15 bits per heavy atom. The van der Waals surface area contributed by atoms with E-state index >= 15 is 0 Å². The van der Waals surface area contributed by atoms with Gasteiger partial charge in [0.2, 0.25) is 12.2 Å². The van der Waals surface area contributed by atoms with E-state index in [4.69, 9.17) is 0 Å². The van der Waals surface area contributed by atoms with Crippen LogP contribution in [0.3, 0.4) is 0 Å². The van der Waals surface area contributed by atoms with Crippen molar-refractivity contribution in [2.45, 2.75) is 26.3 Å². The van der Waals surface area contributed by atoms with Crippen LogP contribution in [0.4, 0.5) is 0 Å². The smallest absolute Gasteiger partial charge is 0.288 e. The zero-order chi connectivity index (χ0) is 18.9. The number of amides is 3. The van der Waals surface area contributed by atoms with E-state index in [1.54, 1.807) is 32.5 Å². The second-order valence-electron chi connectivity index (χ2n) is 7.38. The summed E-state index contributed by atoms with van der Waals surface area (Å²) in [6.07, 6.45) is 2.52. The molecule has 8 heteroatoms. The molecule has 2 aromatic heterocycles. The van der Waals surface area contributed by atoms with E-state index in [-0.39, 0.29) is 23.3 Å². The SMILES string of the molecule is CC(C)(C)NC(=O)c1nc(C(=O)N2CCN(C=O)CC2)c2ccccn12. The third-order valence-electron chi connectivity index (χ3n) is 4.19. The van der Waals surface area contributed by atoms with Crippen LogP contribution in [0.2, 0.25) is 0 Å². The predicted molar refractivity (Wildman–Crippen MR) is 96.0 cm³/mol. The number of piperazine rings is 1. The molecule has 1 saturated heterocycles. The van der Waals surface area contributed by atoms with Crippen LogP contribution in [0.5, 0.6) is 0 Å². The van der Waals surface area contributed by atoms with Gasteiger partial charge < -0.3 is 15.1 Å². The van der Waals surface area contributed by atoms with Gasteiger partial charge in [-0.15, -0.1) is 0 Å². The molecular formula is C18H23N5O3. The highest BCUT2D eigenvalue weighted by Gasteiger charge is 2.28. The lowest BCUT2D eigenvalue weighted by atomic mass is 10.1. The minimum Gasteiger partial charge on any atom is -0.345 e. The number of aromatic nitrogens is 2. The van der Waals surface area contributed by atoms with Gasteiger partial charge in [-0.05, 0) is 32.9 Å². The third kappa shape index (κ3) is 3.54. The lowest BCUT2D eigenvalue weighted by Crippen LogP contribution is -2.48. The molecule has 1 N–H and O–H groups in total. The third-order valence-corrected chi connectivity index (χ3v) is 4.19. The topological polar surface area (TPSA) is 87.0 Å². The Morgan fingerprint density at radius 3 is 2.46 bits per heavy atom. The molecule has 3 rings (SSSR count). The first-order valence-corrected chi connectivity index (χ1v) is 8.58. The number of rotatable bonds is 3. The molecule has 0 aliphatic carbocycles. The van der Waals surface area contributed by atoms with Crippen molar-refractivity contribution in [1.29, 1.82) is 0 Å². The summed E-state index contributed by atoms with van der Waals surface area (Å²) in [4.78, 5) is 44.0. The van der Waals surface area contributed by atoms with Gasteiger partial charge in [0.1, 0.15) is 0 Å². The molecular weight excluding hydrogens is 334 g/mol. The zero-order valence-electron chi connectivity index (χ0n) is 15.2. The van der Waals surface area contributed by atoms with Crippen molar-refractivity contribution in [2.24, 2.45) is 0 Å². The normalized spacial score (nSPS) is 15.2. The summed E-state index contributed by atoms with van der Waals surface area (Å²) in [5, 5.41) is 2.88. The summed E-state index contributed by atoms with van der Waals surface area (Å²) in [7, 11) is 0. The molecule has 0 radical (unpaired) electrons. The number of hydrogen-bond acceptors (Lipinski definition) is 4. The number of imidazole rings is 1. The molecule has 1 aliphatic heterocycles. The monoisotopic (exact) mass is 357 g/mol. The molecule has 0 spiro atoms. The maximum atomic E-state index is 12.9. The number of fused-ring (bicyclic) bond motifs is 1. The van der Waals surface area contributed by atoms with Crippen molar-refractivity contribution in [3.63, 3.8) is 0 Å². The van der Waals surface area contributed by atoms with Gasteiger partial charge in [0.15, 0.2) is 5.69 Å². The highest BCUT2D eigenvalue weighted by molar-refractivity contribution is 6.02. The largest absolute Gasteiger partial charge is 0.345 e. The van der Waals surface area contributed by atoms with Crippen molar-refractivity contribution in [3.8, 4) is 0 Å². The van der Waals surface area contributed by atoms with Crippen LogP contribution < -0.4 is 5.32 Å². The quantitative estimate of drug-likeness (QED) is 0.823. The molecule has 8 nitrogen and oxygen atoms in total. The summed E-state index contributed by atoms with van der Waals surface area (Å²) < 4.78 is 1.63. The second kappa shape index (κ2) is 6.78. The van der Waals surface area contributed by atoms with Crippen LogP contribution in [-0.4, -0.2) is 69.1 Å². The summed E-state index contributed by atoms with van der Waals surface area (Å²) in [5.74, 6) is -0.372. The first-order chi connectivity index (χ1) is 12.3. The van der Waals surface area contributed by atoms with Gasteiger partial charge in [-0.1, -0.05) is 6.07 Å². The lowest BCUT2D eigenvalue weighted by molar-refractivity contribution is -0.119. The van der Waals surface area contributed by atoms with Crippen molar-refractivity contribution < 1.29 is 14.4 Å². The van der Waals surface area contributed by atoms with Crippen LogP contribution in [-0.2, 0) is 4.79 Å². The Bertz CT molecular complexity index is 844. The van der Waals surface area contributed by atoms with E-state index in [0.29, 0.717) is 31.7 Å². The van der Waals surface area contributed by atoms with Crippen molar-refractivity contribution in [2.75, 3.05) is 26.2 Å². The fraction of sp³-hybridized carbons (Fsp3) is 0.444. The first-order valence-electron chi connectivity index (χ1n) is 8.58. The molecule has 0 saturated carbocycles. The Hall–Kier alpha value is -2.90. The minimum atomic E-state index is -0.410. The molecule has 26 heavy (non-hydrogen) atoms. The number of nitrogens with one attached hydrogen (secondary N) is 1. The maximum Gasteiger partial charge on any atom is 0.288 e. The van der Waals surface area contributed by atoms with Gasteiger partial charge in [0.05, 0.1) is 5.52 Å². The second-order valence-corrected chi connectivity index (χ2v) is 7.38. The fourth-order valence-corrected chi connectivity index (χ4v) is 2.93. The Labute approximate surface area is 151 Å². The van der Waals surface area contributed by atoms with Crippen LogP contribution in [0.15, 0.2) is 24.4 Å². The summed E-state index contributed by atoms with van der Waals surface area (Å²) in [6, 6.07) is 5.37. The van der Waals surface area contributed by atoms with E-state index in [9.17, 15) is 14.4 Å². The van der Waals surface area contributed by atoms with Gasteiger partial charge in [0, 0.05) is 37.9 Å². The Kier molecular flexibility index (Phi) is 4.67. The number of carbonyl (C=O) groups is 3. The molecule has 0 aromatic carbocycles. The lowest BCUT2D eigenvalue weighted by Gasteiger charge is -2.32. The number of pyridine rings is 1. The van der Waals surface area contributed by atoms with Crippen molar-refractivity contribution in [3.05, 3.63) is 35.9 Å². The minimum absolute atomic E-state index is 0.186. The van der Waals surface area contributed by atoms with Crippen LogP contribution in [0, 0.1) is 0 Å². The van der Waals surface area contributed by atoms with E-state index in [1.807, 2.05) is 26.8 Å². The number of carbonyl (C=O) groups excluding carboxylic acids is 3. The fourth-order valence-electron chi connectivity index (χ4n) is 2.93. The maximum absolute atomic E-state index is 12.9. The van der Waals surface area contributed by atoms with Gasteiger partial charge in [-0.25, -0.2) is 4.98 Å². The van der Waals surface area contributed by atoms with Crippen LogP contribution in [0.25, 0.3) is 5.52 Å². The zero-order valence-corrected chi connectivity index (χ0v) is 15.2. The van der Waals surface area contributed by atoms with Gasteiger partial charge in [0.25, 0.3) is 11.8 Å². The van der Waals surface area contributed by atoms with Gasteiger partial charge >= 0.3 is 0 Å². The molecule has 1 fully saturated rings. The standard InChI is InChI=1S/C18H23N5O3/c1-18(2,3)20-16(25)15-19-14(13-6-4-5-7-23(13)15)17(26)22-10-8-21(12-24)9-11-22/h4-7,12H,8-11H2,1-3H3,(H,20,25). The van der Waals surface area contributed by atoms with E-state index < -0.39 is 5.54 Å². The van der Waals surface area contributed by atoms with Gasteiger partial charge in [-0.2, -0.15) is 0 Å².